The van der Waals surface area contributed by atoms with Crippen LogP contribution in [0, 0.1) is 12.7 Å². The van der Waals surface area contributed by atoms with Gasteiger partial charge in [0.1, 0.15) is 5.82 Å². The normalized spacial score (nSPS) is 11.3. The van der Waals surface area contributed by atoms with Gasteiger partial charge < -0.3 is 5.73 Å². The highest BCUT2D eigenvalue weighted by Crippen LogP contribution is 2.20. The SMILES string of the molecule is Cc1cc(NS(=O)(=O)c2cccc(F)c2)ccc1N. The second-order valence-corrected chi connectivity index (χ2v) is 5.82. The number of nitrogen functional groups attached to an aromatic ring is 1. The van der Waals surface area contributed by atoms with Gasteiger partial charge in [0.05, 0.1) is 4.90 Å². The minimum atomic E-state index is -3.80. The first-order valence-corrected chi connectivity index (χ1v) is 7.01. The number of halogens is 1. The van der Waals surface area contributed by atoms with Crippen LogP contribution in [0.1, 0.15) is 5.56 Å². The van der Waals surface area contributed by atoms with E-state index in [9.17, 15) is 12.8 Å². The Balaban J connectivity index is 2.33. The summed E-state index contributed by atoms with van der Waals surface area (Å²) in [6.07, 6.45) is 0. The van der Waals surface area contributed by atoms with E-state index in [0.29, 0.717) is 11.4 Å². The molecule has 0 spiro atoms. The molecule has 0 bridgehead atoms. The molecule has 4 nitrogen and oxygen atoms in total. The van der Waals surface area contributed by atoms with Crippen molar-refractivity contribution in [3.63, 3.8) is 0 Å². The highest BCUT2D eigenvalue weighted by molar-refractivity contribution is 7.92. The zero-order valence-corrected chi connectivity index (χ0v) is 11.0. The summed E-state index contributed by atoms with van der Waals surface area (Å²) in [5, 5.41) is 0. The zero-order valence-electron chi connectivity index (χ0n) is 10.2. The fourth-order valence-electron chi connectivity index (χ4n) is 1.59. The predicted octanol–water partition coefficient (Wildman–Crippen LogP) is 2.52. The van der Waals surface area contributed by atoms with Crippen LogP contribution in [0.15, 0.2) is 47.4 Å². The molecule has 0 aliphatic heterocycles. The van der Waals surface area contributed by atoms with E-state index in [1.165, 1.54) is 18.2 Å². The van der Waals surface area contributed by atoms with E-state index in [1.54, 1.807) is 25.1 Å². The molecule has 19 heavy (non-hydrogen) atoms. The summed E-state index contributed by atoms with van der Waals surface area (Å²) in [6.45, 7) is 1.77. The maximum atomic E-state index is 13.0. The van der Waals surface area contributed by atoms with Crippen molar-refractivity contribution >= 4 is 21.4 Å². The van der Waals surface area contributed by atoms with Gasteiger partial charge in [0.25, 0.3) is 10.0 Å². The average Bonchev–Trinajstić information content (AvgIpc) is 2.33. The molecule has 0 saturated heterocycles. The summed E-state index contributed by atoms with van der Waals surface area (Å²) in [5.74, 6) is -0.601. The zero-order chi connectivity index (χ0) is 14.0. The minimum Gasteiger partial charge on any atom is -0.399 e. The lowest BCUT2D eigenvalue weighted by Gasteiger charge is -2.09. The summed E-state index contributed by atoms with van der Waals surface area (Å²) in [7, 11) is -3.80. The Kier molecular flexibility index (Phi) is 3.44. The van der Waals surface area contributed by atoms with Crippen LogP contribution in [0.25, 0.3) is 0 Å². The molecule has 0 aromatic heterocycles. The second-order valence-electron chi connectivity index (χ2n) is 4.13. The van der Waals surface area contributed by atoms with Crippen LogP contribution < -0.4 is 10.5 Å². The number of nitrogens with two attached hydrogens (primary N) is 1. The third-order valence-electron chi connectivity index (χ3n) is 2.63. The van der Waals surface area contributed by atoms with Crippen molar-refractivity contribution in [1.29, 1.82) is 0 Å². The number of nitrogens with one attached hydrogen (secondary N) is 1. The van der Waals surface area contributed by atoms with E-state index < -0.39 is 15.8 Å². The highest BCUT2D eigenvalue weighted by atomic mass is 32.2. The number of hydrogen-bond donors (Lipinski definition) is 2. The fourth-order valence-corrected chi connectivity index (χ4v) is 2.67. The van der Waals surface area contributed by atoms with Gasteiger partial charge in [-0.1, -0.05) is 6.07 Å². The van der Waals surface area contributed by atoms with Gasteiger partial charge in [0.15, 0.2) is 0 Å². The molecule has 0 radical (unpaired) electrons. The van der Waals surface area contributed by atoms with E-state index in [2.05, 4.69) is 4.72 Å². The Morgan fingerprint density at radius 3 is 2.53 bits per heavy atom. The molecule has 0 saturated carbocycles. The molecule has 0 amide bonds. The number of rotatable bonds is 3. The van der Waals surface area contributed by atoms with Crippen molar-refractivity contribution in [1.82, 2.24) is 0 Å². The second kappa shape index (κ2) is 4.89. The van der Waals surface area contributed by atoms with Crippen molar-refractivity contribution in [2.75, 3.05) is 10.5 Å². The van der Waals surface area contributed by atoms with Crippen molar-refractivity contribution in [3.8, 4) is 0 Å². The third-order valence-corrected chi connectivity index (χ3v) is 4.01. The number of aryl methyl sites for hydroxylation is 1. The highest BCUT2D eigenvalue weighted by Gasteiger charge is 2.14. The maximum Gasteiger partial charge on any atom is 0.261 e. The molecule has 3 N–H and O–H groups in total. The van der Waals surface area contributed by atoms with Crippen LogP contribution in [0.3, 0.4) is 0 Å². The van der Waals surface area contributed by atoms with Crippen molar-refractivity contribution in [2.24, 2.45) is 0 Å². The van der Waals surface area contributed by atoms with Crippen LogP contribution in [0.2, 0.25) is 0 Å². The Hall–Kier alpha value is -2.08. The molecule has 0 heterocycles. The number of anilines is 2. The average molecular weight is 280 g/mol. The van der Waals surface area contributed by atoms with Gasteiger partial charge in [-0.05, 0) is 48.9 Å². The van der Waals surface area contributed by atoms with Crippen molar-refractivity contribution in [2.45, 2.75) is 11.8 Å². The van der Waals surface area contributed by atoms with Crippen LogP contribution >= 0.6 is 0 Å². The standard InChI is InChI=1S/C13H13FN2O2S/c1-9-7-11(5-6-13(9)15)16-19(17,18)12-4-2-3-10(14)8-12/h2-8,16H,15H2,1H3. The molecular weight excluding hydrogens is 267 g/mol. The van der Waals surface area contributed by atoms with Gasteiger partial charge >= 0.3 is 0 Å². The third kappa shape index (κ3) is 3.03. The van der Waals surface area contributed by atoms with E-state index >= 15 is 0 Å². The molecule has 0 fully saturated rings. The molecular formula is C13H13FN2O2S. The summed E-state index contributed by atoms with van der Waals surface area (Å²) < 4.78 is 39.5. The number of benzene rings is 2. The molecule has 0 aliphatic carbocycles. The van der Waals surface area contributed by atoms with Crippen LogP contribution in [0.4, 0.5) is 15.8 Å². The minimum absolute atomic E-state index is 0.123. The molecule has 2 aromatic rings. The largest absolute Gasteiger partial charge is 0.399 e. The molecule has 6 heteroatoms. The molecule has 0 atom stereocenters. The lowest BCUT2D eigenvalue weighted by Crippen LogP contribution is -2.13. The topological polar surface area (TPSA) is 72.2 Å². The van der Waals surface area contributed by atoms with Crippen molar-refractivity contribution in [3.05, 3.63) is 53.8 Å². The van der Waals surface area contributed by atoms with Crippen LogP contribution in [-0.4, -0.2) is 8.42 Å². The molecule has 2 rings (SSSR count). The van der Waals surface area contributed by atoms with E-state index in [4.69, 9.17) is 5.73 Å². The Morgan fingerprint density at radius 1 is 1.16 bits per heavy atom. The lowest BCUT2D eigenvalue weighted by molar-refractivity contribution is 0.595. The predicted molar refractivity (Wildman–Crippen MR) is 72.8 cm³/mol. The summed E-state index contributed by atoms with van der Waals surface area (Å²) in [6, 6.07) is 9.61. The monoisotopic (exact) mass is 280 g/mol. The lowest BCUT2D eigenvalue weighted by atomic mass is 10.2. The molecule has 0 unspecified atom stereocenters. The summed E-state index contributed by atoms with van der Waals surface area (Å²) in [4.78, 5) is -0.123. The van der Waals surface area contributed by atoms with Gasteiger partial charge in [0.2, 0.25) is 0 Å². The van der Waals surface area contributed by atoms with E-state index in [-0.39, 0.29) is 4.90 Å². The summed E-state index contributed by atoms with van der Waals surface area (Å²) in [5.41, 5.74) is 7.38. The van der Waals surface area contributed by atoms with Gasteiger partial charge in [-0.3, -0.25) is 4.72 Å². The van der Waals surface area contributed by atoms with Crippen molar-refractivity contribution < 1.29 is 12.8 Å². The molecule has 2 aromatic carbocycles. The quantitative estimate of drug-likeness (QED) is 0.848. The number of sulfonamides is 1. The van der Waals surface area contributed by atoms with Gasteiger partial charge in [-0.2, -0.15) is 0 Å². The first-order chi connectivity index (χ1) is 8.88. The van der Waals surface area contributed by atoms with Crippen LogP contribution in [0.5, 0.6) is 0 Å². The van der Waals surface area contributed by atoms with Crippen LogP contribution in [-0.2, 0) is 10.0 Å². The molecule has 0 aliphatic rings. The van der Waals surface area contributed by atoms with E-state index in [1.807, 2.05) is 0 Å². The fraction of sp³-hybridized carbons (Fsp3) is 0.0769. The Bertz CT molecular complexity index is 714. The Morgan fingerprint density at radius 2 is 1.89 bits per heavy atom. The molecule has 100 valence electrons. The van der Waals surface area contributed by atoms with Gasteiger partial charge in [-0.15, -0.1) is 0 Å². The van der Waals surface area contributed by atoms with Gasteiger partial charge in [0, 0.05) is 11.4 Å². The maximum absolute atomic E-state index is 13.0. The van der Waals surface area contributed by atoms with Gasteiger partial charge in [-0.25, -0.2) is 12.8 Å². The smallest absolute Gasteiger partial charge is 0.261 e. The number of hydrogen-bond acceptors (Lipinski definition) is 3. The van der Waals surface area contributed by atoms with E-state index in [0.717, 1.165) is 11.6 Å². The summed E-state index contributed by atoms with van der Waals surface area (Å²) >= 11 is 0. The first kappa shape index (κ1) is 13.4. The first-order valence-electron chi connectivity index (χ1n) is 5.53. The Labute approximate surface area is 111 Å².